The van der Waals surface area contributed by atoms with Gasteiger partial charge in [-0.2, -0.15) is 0 Å². The van der Waals surface area contributed by atoms with Crippen molar-refractivity contribution in [1.82, 2.24) is 10.2 Å². The second-order valence-electron chi connectivity index (χ2n) is 10.8. The maximum absolute atomic E-state index is 14.2. The van der Waals surface area contributed by atoms with E-state index in [1.165, 1.54) is 24.1 Å². The Kier molecular flexibility index (Phi) is 10.4. The van der Waals surface area contributed by atoms with Gasteiger partial charge in [0, 0.05) is 17.1 Å². The number of amides is 2. The van der Waals surface area contributed by atoms with Crippen molar-refractivity contribution < 1.29 is 22.7 Å². The molecule has 0 bridgehead atoms. The zero-order valence-electron chi connectivity index (χ0n) is 24.3. The van der Waals surface area contributed by atoms with E-state index in [2.05, 4.69) is 5.32 Å². The van der Waals surface area contributed by atoms with Gasteiger partial charge < -0.3 is 15.0 Å². The molecular weight excluding hydrogens is 562 g/mol. The fraction of sp³-hybridized carbons (Fsp3) is 0.355. The van der Waals surface area contributed by atoms with Crippen LogP contribution in [0.25, 0.3) is 0 Å². The monoisotopic (exact) mass is 599 g/mol. The number of nitrogens with zero attached hydrogens (tertiary/aromatic N) is 2. The number of ether oxygens (including phenoxy) is 1. The Hall–Kier alpha value is -3.56. The van der Waals surface area contributed by atoms with Crippen LogP contribution >= 0.6 is 11.6 Å². The highest BCUT2D eigenvalue weighted by Crippen LogP contribution is 2.34. The van der Waals surface area contributed by atoms with Crippen LogP contribution < -0.4 is 14.4 Å². The molecule has 3 aromatic carbocycles. The van der Waals surface area contributed by atoms with E-state index >= 15 is 0 Å². The molecule has 0 saturated carbocycles. The van der Waals surface area contributed by atoms with Gasteiger partial charge in [0.25, 0.3) is 10.0 Å². The zero-order chi connectivity index (χ0) is 30.4. The van der Waals surface area contributed by atoms with Gasteiger partial charge in [-0.25, -0.2) is 8.42 Å². The summed E-state index contributed by atoms with van der Waals surface area (Å²) in [6.07, 6.45) is 0.320. The standard InChI is InChI=1S/C31H38ClN3O5S/c1-7-26(30(37)33-31(3,4)5)34(20-23-14-16-24(32)17-15-23)29(36)21-35(27-19-22(2)13-18-28(27)40-6)41(38,39)25-11-9-8-10-12-25/h8-19,26H,7,20-21H2,1-6H3,(H,33,37)/t26-/m0/s1. The molecule has 0 aliphatic carbocycles. The number of halogens is 1. The lowest BCUT2D eigenvalue weighted by atomic mass is 10.1. The summed E-state index contributed by atoms with van der Waals surface area (Å²) < 4.78 is 34.6. The van der Waals surface area contributed by atoms with E-state index in [9.17, 15) is 18.0 Å². The normalized spacial score (nSPS) is 12.4. The number of methoxy groups -OCH3 is 1. The molecule has 0 unspecified atom stereocenters. The summed E-state index contributed by atoms with van der Waals surface area (Å²) in [6.45, 7) is 8.76. The average Bonchev–Trinajstić information content (AvgIpc) is 2.92. The van der Waals surface area contributed by atoms with E-state index in [-0.39, 0.29) is 23.0 Å². The number of benzene rings is 3. The van der Waals surface area contributed by atoms with E-state index in [0.717, 1.165) is 15.4 Å². The molecule has 2 amide bonds. The van der Waals surface area contributed by atoms with Crippen molar-refractivity contribution in [2.24, 2.45) is 0 Å². The SMILES string of the molecule is CC[C@@H](C(=O)NC(C)(C)C)N(Cc1ccc(Cl)cc1)C(=O)CN(c1cc(C)ccc1OC)S(=O)(=O)c1ccccc1. The maximum Gasteiger partial charge on any atom is 0.264 e. The van der Waals surface area contributed by atoms with Crippen molar-refractivity contribution in [3.63, 3.8) is 0 Å². The van der Waals surface area contributed by atoms with Crippen LogP contribution in [0.1, 0.15) is 45.2 Å². The molecular formula is C31H38ClN3O5S. The van der Waals surface area contributed by atoms with Gasteiger partial charge in [-0.3, -0.25) is 13.9 Å². The number of hydrogen-bond acceptors (Lipinski definition) is 5. The molecule has 0 fully saturated rings. The van der Waals surface area contributed by atoms with Crippen LogP contribution in [0.3, 0.4) is 0 Å². The predicted octanol–water partition coefficient (Wildman–Crippen LogP) is 5.57. The van der Waals surface area contributed by atoms with Crippen LogP contribution in [-0.2, 0) is 26.2 Å². The summed E-state index contributed by atoms with van der Waals surface area (Å²) in [5.41, 5.74) is 1.23. The fourth-order valence-corrected chi connectivity index (χ4v) is 5.95. The van der Waals surface area contributed by atoms with Crippen molar-refractivity contribution in [2.75, 3.05) is 18.0 Å². The number of nitrogens with one attached hydrogen (secondary N) is 1. The molecule has 0 aromatic heterocycles. The first-order valence-corrected chi connectivity index (χ1v) is 15.2. The second-order valence-corrected chi connectivity index (χ2v) is 13.1. The summed E-state index contributed by atoms with van der Waals surface area (Å²) in [4.78, 5) is 29.1. The number of carbonyl (C=O) groups is 2. The Labute approximate surface area is 248 Å². The largest absolute Gasteiger partial charge is 0.495 e. The maximum atomic E-state index is 14.2. The highest BCUT2D eigenvalue weighted by molar-refractivity contribution is 7.92. The number of sulfonamides is 1. The fourth-order valence-electron chi connectivity index (χ4n) is 4.39. The van der Waals surface area contributed by atoms with Crippen molar-refractivity contribution >= 4 is 39.1 Å². The molecule has 1 N–H and O–H groups in total. The van der Waals surface area contributed by atoms with Gasteiger partial charge in [0.05, 0.1) is 17.7 Å². The van der Waals surface area contributed by atoms with E-state index in [1.807, 2.05) is 34.6 Å². The molecule has 8 nitrogen and oxygen atoms in total. The molecule has 220 valence electrons. The highest BCUT2D eigenvalue weighted by atomic mass is 35.5. The lowest BCUT2D eigenvalue weighted by Crippen LogP contribution is -2.55. The van der Waals surface area contributed by atoms with Crippen LogP contribution in [0.4, 0.5) is 5.69 Å². The summed E-state index contributed by atoms with van der Waals surface area (Å²) >= 11 is 6.08. The molecule has 0 aliphatic rings. The third kappa shape index (κ3) is 8.24. The van der Waals surface area contributed by atoms with Crippen LogP contribution in [0.15, 0.2) is 77.7 Å². The van der Waals surface area contributed by atoms with Gasteiger partial charge in [0.1, 0.15) is 18.3 Å². The smallest absolute Gasteiger partial charge is 0.264 e. The average molecular weight is 600 g/mol. The minimum absolute atomic E-state index is 0.0260. The predicted molar refractivity (Wildman–Crippen MR) is 163 cm³/mol. The lowest BCUT2D eigenvalue weighted by Gasteiger charge is -2.35. The van der Waals surface area contributed by atoms with Crippen molar-refractivity contribution in [3.8, 4) is 5.75 Å². The quantitative estimate of drug-likeness (QED) is 0.311. The Morgan fingerprint density at radius 2 is 1.63 bits per heavy atom. The van der Waals surface area contributed by atoms with Gasteiger partial charge in [0.2, 0.25) is 11.8 Å². The minimum atomic E-state index is -4.20. The Bertz CT molecular complexity index is 1460. The third-order valence-corrected chi connectivity index (χ3v) is 8.39. The summed E-state index contributed by atoms with van der Waals surface area (Å²) in [6, 6.07) is 19.2. The first-order valence-electron chi connectivity index (χ1n) is 13.3. The lowest BCUT2D eigenvalue weighted by molar-refractivity contribution is -0.141. The number of hydrogen-bond donors (Lipinski definition) is 1. The van der Waals surface area contributed by atoms with Gasteiger partial charge in [-0.15, -0.1) is 0 Å². The summed E-state index contributed by atoms with van der Waals surface area (Å²) in [7, 11) is -2.76. The molecule has 3 aromatic rings. The van der Waals surface area contributed by atoms with Crippen LogP contribution in [-0.4, -0.2) is 50.4 Å². The molecule has 0 saturated heterocycles. The molecule has 3 rings (SSSR count). The van der Waals surface area contributed by atoms with Gasteiger partial charge in [-0.05, 0) is 81.6 Å². The van der Waals surface area contributed by atoms with Gasteiger partial charge in [-0.1, -0.05) is 54.9 Å². The minimum Gasteiger partial charge on any atom is -0.495 e. The van der Waals surface area contributed by atoms with Crippen molar-refractivity contribution in [2.45, 2.75) is 64.1 Å². The molecule has 0 heterocycles. The van der Waals surface area contributed by atoms with E-state index in [1.54, 1.807) is 60.7 Å². The van der Waals surface area contributed by atoms with E-state index in [0.29, 0.717) is 17.2 Å². The van der Waals surface area contributed by atoms with Gasteiger partial charge in [0.15, 0.2) is 0 Å². The number of carbonyl (C=O) groups excluding carboxylic acids is 2. The number of rotatable bonds is 11. The zero-order valence-corrected chi connectivity index (χ0v) is 25.9. The molecule has 10 heteroatoms. The highest BCUT2D eigenvalue weighted by Gasteiger charge is 2.35. The van der Waals surface area contributed by atoms with E-state index < -0.39 is 34.1 Å². The Balaban J connectivity index is 2.12. The molecule has 41 heavy (non-hydrogen) atoms. The van der Waals surface area contributed by atoms with Crippen molar-refractivity contribution in [1.29, 1.82) is 0 Å². The number of anilines is 1. The summed E-state index contributed by atoms with van der Waals surface area (Å²) in [5.74, 6) is -0.573. The van der Waals surface area contributed by atoms with Crippen molar-refractivity contribution in [3.05, 3.63) is 88.9 Å². The third-order valence-electron chi connectivity index (χ3n) is 6.36. The topological polar surface area (TPSA) is 96.0 Å². The Morgan fingerprint density at radius 1 is 1.00 bits per heavy atom. The van der Waals surface area contributed by atoms with Crippen LogP contribution in [0.5, 0.6) is 5.75 Å². The number of aryl methyl sites for hydroxylation is 1. The first-order chi connectivity index (χ1) is 19.3. The molecule has 1 atom stereocenters. The van der Waals surface area contributed by atoms with E-state index in [4.69, 9.17) is 16.3 Å². The summed E-state index contributed by atoms with van der Waals surface area (Å²) in [5, 5.41) is 3.50. The Morgan fingerprint density at radius 3 is 2.20 bits per heavy atom. The van der Waals surface area contributed by atoms with Crippen LogP contribution in [0.2, 0.25) is 5.02 Å². The van der Waals surface area contributed by atoms with Gasteiger partial charge >= 0.3 is 0 Å². The van der Waals surface area contributed by atoms with Crippen LogP contribution in [0, 0.1) is 6.92 Å². The first kappa shape index (κ1) is 32.0. The molecule has 0 spiro atoms. The second kappa shape index (κ2) is 13.4. The molecule has 0 radical (unpaired) electrons. The molecule has 0 aliphatic heterocycles.